The lowest BCUT2D eigenvalue weighted by atomic mass is 9.99. The molecule has 0 aliphatic heterocycles. The van der Waals surface area contributed by atoms with Gasteiger partial charge in [0.1, 0.15) is 12.4 Å². The molecule has 1 aromatic rings. The number of hydrogen-bond donors (Lipinski definition) is 1. The number of hydrogen-bond acceptors (Lipinski definition) is 6. The minimum absolute atomic E-state index is 0.0379. The molecule has 156 valence electrons. The maximum Gasteiger partial charge on any atom is 0.335 e. The van der Waals surface area contributed by atoms with E-state index in [2.05, 4.69) is 4.72 Å². The van der Waals surface area contributed by atoms with E-state index in [0.29, 0.717) is 16.8 Å². The van der Waals surface area contributed by atoms with Crippen molar-refractivity contribution in [1.29, 1.82) is 0 Å². The van der Waals surface area contributed by atoms with Gasteiger partial charge in [-0.05, 0) is 62.8 Å². The summed E-state index contributed by atoms with van der Waals surface area (Å²) in [4.78, 5) is 23.0. The van der Waals surface area contributed by atoms with Crippen LogP contribution >= 0.6 is 11.9 Å². The summed E-state index contributed by atoms with van der Waals surface area (Å²) in [5.74, 6) is -1.16. The quantitative estimate of drug-likeness (QED) is 0.478. The molecule has 1 aliphatic carbocycles. The lowest BCUT2D eigenvalue weighted by Crippen LogP contribution is -2.24. The second-order valence-electron chi connectivity index (χ2n) is 6.35. The fourth-order valence-electron chi connectivity index (χ4n) is 2.52. The fourth-order valence-corrected chi connectivity index (χ4v) is 3.56. The van der Waals surface area contributed by atoms with Crippen molar-refractivity contribution < 1.29 is 23.5 Å². The molecule has 1 atom stereocenters. The Balaban J connectivity index is 0.00000190. The molecule has 0 amide bonds. The van der Waals surface area contributed by atoms with E-state index >= 15 is 0 Å². The van der Waals surface area contributed by atoms with Crippen molar-refractivity contribution in [3.8, 4) is 0 Å². The van der Waals surface area contributed by atoms with Crippen LogP contribution in [0.4, 0.5) is 10.1 Å². The van der Waals surface area contributed by atoms with Crippen LogP contribution in [0, 0.1) is 5.82 Å². The summed E-state index contributed by atoms with van der Waals surface area (Å²) in [5.41, 5.74) is 1.53. The van der Waals surface area contributed by atoms with Crippen LogP contribution in [0.25, 0.3) is 0 Å². The molecule has 7 heteroatoms. The van der Waals surface area contributed by atoms with E-state index in [4.69, 9.17) is 9.47 Å². The normalized spacial score (nSPS) is 15.8. The molecule has 1 aromatic carbocycles. The van der Waals surface area contributed by atoms with Crippen molar-refractivity contribution in [3.05, 3.63) is 41.2 Å². The molecular weight excluding hydrogens is 381 g/mol. The summed E-state index contributed by atoms with van der Waals surface area (Å²) in [7, 11) is 0. The highest BCUT2D eigenvalue weighted by Gasteiger charge is 2.26. The van der Waals surface area contributed by atoms with Gasteiger partial charge in [-0.1, -0.05) is 26.0 Å². The number of ether oxygens (including phenoxy) is 2. The minimum atomic E-state index is -0.437. The number of benzene rings is 1. The molecule has 0 radical (unpaired) electrons. The maximum absolute atomic E-state index is 14.2. The van der Waals surface area contributed by atoms with Crippen LogP contribution in [0.15, 0.2) is 29.8 Å². The number of anilines is 1. The first-order valence-electron chi connectivity index (χ1n) is 9.61. The molecular formula is C21H30FNO4S. The predicted molar refractivity (Wildman–Crippen MR) is 111 cm³/mol. The number of rotatable bonds is 7. The summed E-state index contributed by atoms with van der Waals surface area (Å²) in [6, 6.07) is 4.62. The van der Waals surface area contributed by atoms with E-state index in [0.717, 1.165) is 19.3 Å². The Labute approximate surface area is 171 Å². The van der Waals surface area contributed by atoms with Gasteiger partial charge >= 0.3 is 11.9 Å². The topological polar surface area (TPSA) is 64.6 Å². The smallest absolute Gasteiger partial charge is 0.335 e. The first-order chi connectivity index (χ1) is 13.4. The first kappa shape index (κ1) is 24.0. The molecule has 0 saturated heterocycles. The van der Waals surface area contributed by atoms with E-state index < -0.39 is 11.8 Å². The lowest BCUT2D eigenvalue weighted by Gasteiger charge is -2.23. The zero-order valence-corrected chi connectivity index (χ0v) is 18.0. The van der Waals surface area contributed by atoms with Gasteiger partial charge in [0.25, 0.3) is 0 Å². The molecule has 0 bridgehead atoms. The summed E-state index contributed by atoms with van der Waals surface area (Å²) in [6.07, 6.45) is 4.38. The SMILES string of the molecule is CC.CC(=O)OCc1ccc(NSC2CCCC=C2C(=O)OC(C)C)c(F)c1. The molecule has 2 rings (SSSR count). The number of esters is 2. The Morgan fingerprint density at radius 2 is 2.04 bits per heavy atom. The average molecular weight is 412 g/mol. The van der Waals surface area contributed by atoms with E-state index in [9.17, 15) is 14.0 Å². The number of nitrogens with one attached hydrogen (secondary N) is 1. The molecule has 0 saturated carbocycles. The van der Waals surface area contributed by atoms with Crippen LogP contribution in [0.3, 0.4) is 0 Å². The molecule has 28 heavy (non-hydrogen) atoms. The highest BCUT2D eigenvalue weighted by Crippen LogP contribution is 2.32. The Hall–Kier alpha value is -2.02. The Kier molecular flexibility index (Phi) is 10.7. The van der Waals surface area contributed by atoms with Gasteiger partial charge in [-0.2, -0.15) is 0 Å². The van der Waals surface area contributed by atoms with Crippen molar-refractivity contribution in [2.24, 2.45) is 0 Å². The van der Waals surface area contributed by atoms with Crippen molar-refractivity contribution in [1.82, 2.24) is 0 Å². The molecule has 0 fully saturated rings. The van der Waals surface area contributed by atoms with Gasteiger partial charge in [-0.3, -0.25) is 4.79 Å². The van der Waals surface area contributed by atoms with Gasteiger partial charge in [-0.15, -0.1) is 0 Å². The number of halogens is 1. The monoisotopic (exact) mass is 411 g/mol. The Morgan fingerprint density at radius 1 is 1.32 bits per heavy atom. The number of carbonyl (C=O) groups is 2. The Bertz CT molecular complexity index is 691. The summed E-state index contributed by atoms with van der Waals surface area (Å²) < 4.78 is 27.4. The minimum Gasteiger partial charge on any atom is -0.461 e. The molecule has 1 unspecified atom stereocenters. The highest BCUT2D eigenvalue weighted by atomic mass is 32.2. The van der Waals surface area contributed by atoms with Crippen LogP contribution in [0.2, 0.25) is 0 Å². The maximum atomic E-state index is 14.2. The van der Waals surface area contributed by atoms with Crippen molar-refractivity contribution in [3.63, 3.8) is 0 Å². The van der Waals surface area contributed by atoms with Crippen LogP contribution in [0.5, 0.6) is 0 Å². The largest absolute Gasteiger partial charge is 0.461 e. The van der Waals surface area contributed by atoms with Gasteiger partial charge < -0.3 is 14.2 Å². The summed E-state index contributed by atoms with van der Waals surface area (Å²) in [6.45, 7) is 8.97. The zero-order valence-electron chi connectivity index (χ0n) is 17.2. The van der Waals surface area contributed by atoms with E-state index in [1.807, 2.05) is 33.8 Å². The van der Waals surface area contributed by atoms with Gasteiger partial charge in [-0.25, -0.2) is 9.18 Å². The lowest BCUT2D eigenvalue weighted by molar-refractivity contribution is -0.143. The standard InChI is InChI=1S/C19H24FNO4S.C2H6/c1-12(2)25-19(23)15-6-4-5-7-18(15)26-21-17-9-8-14(10-16(17)20)11-24-13(3)22;1-2/h6,8-10,12,18,21H,4-5,7,11H2,1-3H3;1-2H3. The van der Waals surface area contributed by atoms with Crippen molar-refractivity contribution >= 4 is 29.6 Å². The molecule has 1 aliphatic rings. The Morgan fingerprint density at radius 3 is 2.64 bits per heavy atom. The van der Waals surface area contributed by atoms with Crippen molar-refractivity contribution in [2.75, 3.05) is 4.72 Å². The second kappa shape index (κ2) is 12.4. The molecule has 0 spiro atoms. The summed E-state index contributed by atoms with van der Waals surface area (Å²) >= 11 is 1.31. The van der Waals surface area contributed by atoms with Crippen molar-refractivity contribution in [2.45, 2.75) is 71.8 Å². The van der Waals surface area contributed by atoms with Gasteiger partial charge in [0.2, 0.25) is 0 Å². The molecule has 0 aromatic heterocycles. The van der Waals surface area contributed by atoms with Crippen LogP contribution < -0.4 is 4.72 Å². The van der Waals surface area contributed by atoms with Crippen LogP contribution in [-0.4, -0.2) is 23.3 Å². The first-order valence-corrected chi connectivity index (χ1v) is 10.5. The average Bonchev–Trinajstić information content (AvgIpc) is 2.67. The van der Waals surface area contributed by atoms with Gasteiger partial charge in [0.05, 0.1) is 17.0 Å². The number of carbonyl (C=O) groups excluding carboxylic acids is 2. The number of allylic oxidation sites excluding steroid dienone is 1. The third-order valence-corrected chi connectivity index (χ3v) is 4.86. The second-order valence-corrected chi connectivity index (χ2v) is 7.36. The molecule has 0 heterocycles. The van der Waals surface area contributed by atoms with Gasteiger partial charge in [0, 0.05) is 12.5 Å². The zero-order chi connectivity index (χ0) is 21.1. The van der Waals surface area contributed by atoms with E-state index in [1.54, 1.807) is 12.1 Å². The fraction of sp³-hybridized carbons (Fsp3) is 0.524. The van der Waals surface area contributed by atoms with Crippen LogP contribution in [-0.2, 0) is 25.7 Å². The van der Waals surface area contributed by atoms with Crippen LogP contribution in [0.1, 0.15) is 59.4 Å². The summed E-state index contributed by atoms with van der Waals surface area (Å²) in [5, 5.41) is -0.0878. The van der Waals surface area contributed by atoms with Gasteiger partial charge in [0.15, 0.2) is 0 Å². The molecule has 1 N–H and O–H groups in total. The predicted octanol–water partition coefficient (Wildman–Crippen LogP) is 5.41. The highest BCUT2D eigenvalue weighted by molar-refractivity contribution is 8.01. The van der Waals surface area contributed by atoms with E-state index in [-0.39, 0.29) is 23.9 Å². The third-order valence-electron chi connectivity index (χ3n) is 3.75. The third kappa shape index (κ3) is 7.92. The molecule has 5 nitrogen and oxygen atoms in total. The van der Waals surface area contributed by atoms with E-state index in [1.165, 1.54) is 24.9 Å².